The summed E-state index contributed by atoms with van der Waals surface area (Å²) in [4.78, 5) is 2.63. The van der Waals surface area contributed by atoms with E-state index in [1.54, 1.807) is 0 Å². The van der Waals surface area contributed by atoms with Crippen LogP contribution in [0.4, 0.5) is 0 Å². The van der Waals surface area contributed by atoms with Crippen LogP contribution in [0.1, 0.15) is 0 Å². The number of hydrogen-bond donors (Lipinski definition) is 0. The summed E-state index contributed by atoms with van der Waals surface area (Å²) in [7, 11) is 0. The van der Waals surface area contributed by atoms with Gasteiger partial charge in [0.2, 0.25) is 0 Å². The Bertz CT molecular complexity index is 3400. The molecule has 0 fully saturated rings. The van der Waals surface area contributed by atoms with E-state index >= 15 is 0 Å². The molecule has 0 amide bonds. The molecule has 0 unspecified atom stereocenters. The normalized spacial score (nSPS) is 12.3. The van der Waals surface area contributed by atoms with Crippen LogP contribution in [0.3, 0.4) is 0 Å². The molecule has 6 aromatic heterocycles. The lowest BCUT2D eigenvalue weighted by Crippen LogP contribution is -1.78. The summed E-state index contributed by atoms with van der Waals surface area (Å²) in [6.07, 6.45) is 0. The smallest absolute Gasteiger partial charge is 0.0542 e. The molecule has 6 heteroatoms. The van der Waals surface area contributed by atoms with Crippen LogP contribution in [-0.2, 0) is 0 Å². The molecular formula is C50H26S6. The van der Waals surface area contributed by atoms with Gasteiger partial charge < -0.3 is 0 Å². The number of fused-ring (bicyclic) bond motifs is 12. The van der Waals surface area contributed by atoms with E-state index in [0.717, 1.165) is 0 Å². The van der Waals surface area contributed by atoms with E-state index in [0.29, 0.717) is 0 Å². The molecule has 0 atom stereocenters. The molecule has 0 aliphatic rings. The molecule has 0 saturated carbocycles. The maximum absolute atomic E-state index is 2.39. The predicted octanol–water partition coefficient (Wildman–Crippen LogP) is 17.9. The SMILES string of the molecule is c1ccc2c(c1)sc1c3ccc(-c4ccc(-c5cc6cc7sc(-c8ccc(-c9ccc%10c(c9)sc9c%11ccccc%11sc%109)cc8)cc7cc6s5)cc4)cc3sc21. The summed E-state index contributed by atoms with van der Waals surface area (Å²) in [6, 6.07) is 59.3. The summed E-state index contributed by atoms with van der Waals surface area (Å²) in [5.74, 6) is 0. The molecule has 7 aromatic carbocycles. The van der Waals surface area contributed by atoms with Gasteiger partial charge in [0.15, 0.2) is 0 Å². The molecule has 0 aliphatic carbocycles. The van der Waals surface area contributed by atoms with Crippen molar-refractivity contribution < 1.29 is 0 Å². The van der Waals surface area contributed by atoms with E-state index in [2.05, 4.69) is 158 Å². The van der Waals surface area contributed by atoms with Gasteiger partial charge in [-0.3, -0.25) is 0 Å². The highest BCUT2D eigenvalue weighted by Crippen LogP contribution is 2.47. The minimum Gasteiger partial charge on any atom is -0.135 e. The Kier molecular flexibility index (Phi) is 6.94. The third-order valence-corrected chi connectivity index (χ3v) is 18.5. The third kappa shape index (κ3) is 4.91. The second-order valence-corrected chi connectivity index (χ2v) is 20.8. The van der Waals surface area contributed by atoms with Crippen molar-refractivity contribution in [2.24, 2.45) is 0 Å². The minimum absolute atomic E-state index is 1.26. The van der Waals surface area contributed by atoms with Crippen LogP contribution < -0.4 is 0 Å². The summed E-state index contributed by atoms with van der Waals surface area (Å²) in [5.41, 5.74) is 7.62. The van der Waals surface area contributed by atoms with Crippen LogP contribution in [0, 0.1) is 0 Å². The molecule has 262 valence electrons. The largest absolute Gasteiger partial charge is 0.135 e. The average Bonchev–Trinajstić information content (AvgIpc) is 4.10. The predicted molar refractivity (Wildman–Crippen MR) is 255 cm³/mol. The Hall–Kier alpha value is -5.18. The first-order chi connectivity index (χ1) is 27.7. The number of hydrogen-bond acceptors (Lipinski definition) is 6. The zero-order valence-electron chi connectivity index (χ0n) is 29.5. The van der Waals surface area contributed by atoms with Crippen LogP contribution in [0.15, 0.2) is 158 Å². The zero-order valence-corrected chi connectivity index (χ0v) is 34.4. The van der Waals surface area contributed by atoms with Crippen LogP contribution in [0.2, 0.25) is 0 Å². The molecule has 0 aliphatic heterocycles. The maximum atomic E-state index is 2.39. The van der Waals surface area contributed by atoms with Crippen molar-refractivity contribution in [3.8, 4) is 43.1 Å². The van der Waals surface area contributed by atoms with Crippen LogP contribution in [-0.4, -0.2) is 0 Å². The van der Waals surface area contributed by atoms with Gasteiger partial charge in [-0.05, 0) is 92.7 Å². The van der Waals surface area contributed by atoms with E-state index in [4.69, 9.17) is 0 Å². The van der Waals surface area contributed by atoms with Gasteiger partial charge in [-0.2, -0.15) is 0 Å². The van der Waals surface area contributed by atoms with Gasteiger partial charge in [-0.25, -0.2) is 0 Å². The molecule has 56 heavy (non-hydrogen) atoms. The van der Waals surface area contributed by atoms with E-state index in [9.17, 15) is 0 Å². The molecule has 13 aromatic rings. The molecule has 0 radical (unpaired) electrons. The first-order valence-corrected chi connectivity index (χ1v) is 23.4. The fourth-order valence-corrected chi connectivity index (χ4v) is 15.9. The van der Waals surface area contributed by atoms with Gasteiger partial charge >= 0.3 is 0 Å². The van der Waals surface area contributed by atoms with E-state index in [-0.39, 0.29) is 0 Å². The summed E-state index contributed by atoms with van der Waals surface area (Å²) in [5, 5.41) is 8.14. The molecule has 0 bridgehead atoms. The second-order valence-electron chi connectivity index (χ2n) is 14.4. The number of thiophene rings is 6. The monoisotopic (exact) mass is 818 g/mol. The Morgan fingerprint density at radius 1 is 0.232 bits per heavy atom. The quantitative estimate of drug-likeness (QED) is 0.166. The lowest BCUT2D eigenvalue weighted by molar-refractivity contribution is 1.65. The van der Waals surface area contributed by atoms with Gasteiger partial charge in [0, 0.05) is 59.5 Å². The Morgan fingerprint density at radius 3 is 1.04 bits per heavy atom. The molecule has 0 nitrogen and oxygen atoms in total. The molecule has 6 heterocycles. The van der Waals surface area contributed by atoms with Gasteiger partial charge in [0.05, 0.1) is 18.8 Å². The van der Waals surface area contributed by atoms with Crippen LogP contribution in [0.25, 0.3) is 122 Å². The standard InChI is InChI=1S/C50H26S6/c1-3-7-39-35(5-1)47-49(53-39)37-19-17-31(21-45(37)55-47)27-9-13-29(14-10-27)41-23-33-25-44-34(26-43(33)51-41)24-42(52-44)30-15-11-28(12-16-30)32-18-20-38-46(22-32)56-48-36-6-2-4-8-40(36)54-50(38)48/h1-26H. The summed E-state index contributed by atoms with van der Waals surface area (Å²) < 4.78 is 13.8. The fourth-order valence-electron chi connectivity index (χ4n) is 8.28. The van der Waals surface area contributed by atoms with E-state index < -0.39 is 0 Å². The molecule has 13 rings (SSSR count). The summed E-state index contributed by atoms with van der Waals surface area (Å²) in [6.45, 7) is 0. The van der Waals surface area contributed by atoms with Crippen molar-refractivity contribution in [2.45, 2.75) is 0 Å². The van der Waals surface area contributed by atoms with E-state index in [1.807, 2.05) is 68.0 Å². The van der Waals surface area contributed by atoms with E-state index in [1.165, 1.54) is 122 Å². The highest BCUT2D eigenvalue weighted by molar-refractivity contribution is 7.37. The first-order valence-electron chi connectivity index (χ1n) is 18.5. The lowest BCUT2D eigenvalue weighted by atomic mass is 10.0. The fraction of sp³-hybridized carbons (Fsp3) is 0. The second kappa shape index (κ2) is 12.2. The van der Waals surface area contributed by atoms with Gasteiger partial charge in [0.1, 0.15) is 0 Å². The Morgan fingerprint density at radius 2 is 0.589 bits per heavy atom. The molecule has 0 N–H and O–H groups in total. The van der Waals surface area contributed by atoms with Gasteiger partial charge in [-0.15, -0.1) is 68.0 Å². The highest BCUT2D eigenvalue weighted by Gasteiger charge is 2.15. The Balaban J connectivity index is 0.764. The molecule has 0 saturated heterocycles. The van der Waals surface area contributed by atoms with Crippen molar-refractivity contribution in [1.29, 1.82) is 0 Å². The van der Waals surface area contributed by atoms with Gasteiger partial charge in [0.25, 0.3) is 0 Å². The molecular weight excluding hydrogens is 793 g/mol. The van der Waals surface area contributed by atoms with Crippen molar-refractivity contribution in [1.82, 2.24) is 0 Å². The minimum atomic E-state index is 1.26. The number of benzene rings is 7. The van der Waals surface area contributed by atoms with Crippen LogP contribution in [0.5, 0.6) is 0 Å². The zero-order chi connectivity index (χ0) is 36.5. The summed E-state index contributed by atoms with van der Waals surface area (Å²) >= 11 is 11.5. The van der Waals surface area contributed by atoms with Crippen LogP contribution >= 0.6 is 68.0 Å². The highest BCUT2D eigenvalue weighted by atomic mass is 32.1. The maximum Gasteiger partial charge on any atom is 0.0542 e. The third-order valence-electron chi connectivity index (χ3n) is 11.1. The molecule has 0 spiro atoms. The number of rotatable bonds is 4. The topological polar surface area (TPSA) is 0 Å². The average molecular weight is 819 g/mol. The Labute approximate surface area is 345 Å². The lowest BCUT2D eigenvalue weighted by Gasteiger charge is -2.04. The van der Waals surface area contributed by atoms with Crippen molar-refractivity contribution in [3.05, 3.63) is 158 Å². The first kappa shape index (κ1) is 32.0. The van der Waals surface area contributed by atoms with Crippen molar-refractivity contribution in [3.63, 3.8) is 0 Å². The van der Waals surface area contributed by atoms with Crippen molar-refractivity contribution in [2.75, 3.05) is 0 Å². The van der Waals surface area contributed by atoms with Crippen molar-refractivity contribution >= 4 is 147 Å². The van der Waals surface area contributed by atoms with Gasteiger partial charge in [-0.1, -0.05) is 109 Å².